The maximum Gasteiger partial charge on any atom is 0.0625 e. The third kappa shape index (κ3) is 2.03. The molecule has 3 heteroatoms. The Morgan fingerprint density at radius 3 is 2.54 bits per heavy atom. The lowest BCUT2D eigenvalue weighted by molar-refractivity contribution is -0.0350. The highest BCUT2D eigenvalue weighted by atomic mass is 16.5. The summed E-state index contributed by atoms with van der Waals surface area (Å²) in [6, 6.07) is 0.533. The van der Waals surface area contributed by atoms with Crippen molar-refractivity contribution in [3.8, 4) is 0 Å². The first kappa shape index (κ1) is 9.44. The van der Waals surface area contributed by atoms with Crippen molar-refractivity contribution in [2.24, 2.45) is 5.41 Å². The Kier molecular flexibility index (Phi) is 2.86. The molecule has 13 heavy (non-hydrogen) atoms. The van der Waals surface area contributed by atoms with Crippen molar-refractivity contribution in [3.05, 3.63) is 0 Å². The molecule has 0 aliphatic carbocycles. The van der Waals surface area contributed by atoms with Crippen LogP contribution in [0.4, 0.5) is 0 Å². The van der Waals surface area contributed by atoms with Gasteiger partial charge in [-0.25, -0.2) is 0 Å². The van der Waals surface area contributed by atoms with Crippen molar-refractivity contribution in [1.82, 2.24) is 5.32 Å². The Labute approximate surface area is 79.8 Å². The van der Waals surface area contributed by atoms with Gasteiger partial charge in [0.15, 0.2) is 0 Å². The SMILES string of the molecule is CC1(C2COCCN2)CCOCC1. The monoisotopic (exact) mass is 185 g/mol. The van der Waals surface area contributed by atoms with Crippen LogP contribution in [0.25, 0.3) is 0 Å². The number of morpholine rings is 1. The van der Waals surface area contributed by atoms with Gasteiger partial charge in [-0.3, -0.25) is 0 Å². The zero-order valence-corrected chi connectivity index (χ0v) is 8.34. The quantitative estimate of drug-likeness (QED) is 0.655. The molecule has 0 bridgehead atoms. The van der Waals surface area contributed by atoms with Crippen LogP contribution in [0.1, 0.15) is 19.8 Å². The highest BCUT2D eigenvalue weighted by Gasteiger charge is 2.36. The normalized spacial score (nSPS) is 34.4. The summed E-state index contributed by atoms with van der Waals surface area (Å²) in [5.41, 5.74) is 0.388. The molecule has 2 heterocycles. The van der Waals surface area contributed by atoms with Gasteiger partial charge in [-0.05, 0) is 18.3 Å². The lowest BCUT2D eigenvalue weighted by Gasteiger charge is -2.42. The Bertz CT molecular complexity index is 160. The Balaban J connectivity index is 1.94. The Morgan fingerprint density at radius 1 is 1.15 bits per heavy atom. The van der Waals surface area contributed by atoms with E-state index in [-0.39, 0.29) is 0 Å². The zero-order chi connectivity index (χ0) is 9.15. The minimum absolute atomic E-state index is 0.388. The van der Waals surface area contributed by atoms with E-state index in [9.17, 15) is 0 Å². The molecule has 2 aliphatic rings. The van der Waals surface area contributed by atoms with E-state index in [0.717, 1.165) is 45.8 Å². The highest BCUT2D eigenvalue weighted by molar-refractivity contribution is 4.90. The predicted molar refractivity (Wildman–Crippen MR) is 50.8 cm³/mol. The van der Waals surface area contributed by atoms with E-state index in [2.05, 4.69) is 12.2 Å². The zero-order valence-electron chi connectivity index (χ0n) is 8.34. The van der Waals surface area contributed by atoms with Crippen LogP contribution in [0.5, 0.6) is 0 Å². The molecule has 0 saturated carbocycles. The number of rotatable bonds is 1. The van der Waals surface area contributed by atoms with Crippen molar-refractivity contribution in [3.63, 3.8) is 0 Å². The van der Waals surface area contributed by atoms with Gasteiger partial charge in [0.25, 0.3) is 0 Å². The standard InChI is InChI=1S/C10H19NO2/c1-10(2-5-12-6-3-10)9-8-13-7-4-11-9/h9,11H,2-8H2,1H3. The van der Waals surface area contributed by atoms with Crippen molar-refractivity contribution in [2.45, 2.75) is 25.8 Å². The summed E-state index contributed by atoms with van der Waals surface area (Å²) in [5.74, 6) is 0. The molecule has 1 atom stereocenters. The summed E-state index contributed by atoms with van der Waals surface area (Å²) in [7, 11) is 0. The van der Waals surface area contributed by atoms with Crippen molar-refractivity contribution >= 4 is 0 Å². The Morgan fingerprint density at radius 2 is 1.92 bits per heavy atom. The van der Waals surface area contributed by atoms with Crippen LogP contribution in [0.2, 0.25) is 0 Å². The molecule has 0 aromatic heterocycles. The van der Waals surface area contributed by atoms with Crippen LogP contribution in [-0.4, -0.2) is 39.0 Å². The van der Waals surface area contributed by atoms with Gasteiger partial charge in [0.2, 0.25) is 0 Å². The first-order valence-electron chi connectivity index (χ1n) is 5.20. The average Bonchev–Trinajstić information content (AvgIpc) is 2.20. The van der Waals surface area contributed by atoms with Gasteiger partial charge in [0.1, 0.15) is 0 Å². The maximum atomic E-state index is 5.50. The fraction of sp³-hybridized carbons (Fsp3) is 1.00. The molecule has 76 valence electrons. The van der Waals surface area contributed by atoms with Gasteiger partial charge in [-0.2, -0.15) is 0 Å². The average molecular weight is 185 g/mol. The second kappa shape index (κ2) is 3.95. The minimum atomic E-state index is 0.388. The Hall–Kier alpha value is -0.120. The minimum Gasteiger partial charge on any atom is -0.381 e. The molecule has 2 saturated heterocycles. The summed E-state index contributed by atoms with van der Waals surface area (Å²) in [5, 5.41) is 3.55. The van der Waals surface area contributed by atoms with Crippen molar-refractivity contribution in [1.29, 1.82) is 0 Å². The fourth-order valence-electron chi connectivity index (χ4n) is 2.20. The van der Waals surface area contributed by atoms with Gasteiger partial charge in [-0.1, -0.05) is 6.92 Å². The van der Waals surface area contributed by atoms with Gasteiger partial charge >= 0.3 is 0 Å². The number of ether oxygens (including phenoxy) is 2. The molecule has 0 aromatic rings. The topological polar surface area (TPSA) is 30.5 Å². The molecule has 0 amide bonds. The molecular formula is C10H19NO2. The smallest absolute Gasteiger partial charge is 0.0625 e. The number of hydrogen-bond donors (Lipinski definition) is 1. The maximum absolute atomic E-state index is 5.50. The molecule has 0 radical (unpaired) electrons. The van der Waals surface area contributed by atoms with Crippen LogP contribution >= 0.6 is 0 Å². The van der Waals surface area contributed by atoms with Gasteiger partial charge in [0, 0.05) is 25.8 Å². The number of hydrogen-bond acceptors (Lipinski definition) is 3. The van der Waals surface area contributed by atoms with Crippen LogP contribution in [0.3, 0.4) is 0 Å². The van der Waals surface area contributed by atoms with Gasteiger partial charge in [-0.15, -0.1) is 0 Å². The molecule has 0 spiro atoms. The van der Waals surface area contributed by atoms with E-state index < -0.39 is 0 Å². The summed E-state index contributed by atoms with van der Waals surface area (Å²) in [6.45, 7) is 6.91. The lowest BCUT2D eigenvalue weighted by Crippen LogP contribution is -2.53. The van der Waals surface area contributed by atoms with Crippen LogP contribution in [0.15, 0.2) is 0 Å². The van der Waals surface area contributed by atoms with Crippen LogP contribution < -0.4 is 5.32 Å². The summed E-state index contributed by atoms with van der Waals surface area (Å²) < 4.78 is 10.9. The molecule has 2 aliphatic heterocycles. The molecular weight excluding hydrogens is 166 g/mol. The van der Waals surface area contributed by atoms with Gasteiger partial charge < -0.3 is 14.8 Å². The summed E-state index contributed by atoms with van der Waals surface area (Å²) in [6.07, 6.45) is 2.32. The van der Waals surface area contributed by atoms with E-state index >= 15 is 0 Å². The summed E-state index contributed by atoms with van der Waals surface area (Å²) >= 11 is 0. The van der Waals surface area contributed by atoms with Crippen LogP contribution in [0, 0.1) is 5.41 Å². The van der Waals surface area contributed by atoms with E-state index in [1.807, 2.05) is 0 Å². The van der Waals surface area contributed by atoms with E-state index in [1.54, 1.807) is 0 Å². The lowest BCUT2D eigenvalue weighted by atomic mass is 9.75. The summed E-state index contributed by atoms with van der Waals surface area (Å²) in [4.78, 5) is 0. The van der Waals surface area contributed by atoms with Crippen molar-refractivity contribution in [2.75, 3.05) is 33.0 Å². The molecule has 1 N–H and O–H groups in total. The van der Waals surface area contributed by atoms with Gasteiger partial charge in [0.05, 0.1) is 13.2 Å². The first-order chi connectivity index (χ1) is 6.31. The molecule has 2 rings (SSSR count). The fourth-order valence-corrected chi connectivity index (χ4v) is 2.20. The van der Waals surface area contributed by atoms with Crippen molar-refractivity contribution < 1.29 is 9.47 Å². The largest absolute Gasteiger partial charge is 0.381 e. The highest BCUT2D eigenvalue weighted by Crippen LogP contribution is 2.34. The second-order valence-corrected chi connectivity index (χ2v) is 4.35. The molecule has 0 aromatic carbocycles. The molecule has 1 unspecified atom stereocenters. The van der Waals surface area contributed by atoms with Crippen LogP contribution in [-0.2, 0) is 9.47 Å². The second-order valence-electron chi connectivity index (χ2n) is 4.35. The molecule has 2 fully saturated rings. The predicted octanol–water partition coefficient (Wildman–Crippen LogP) is 0.791. The van der Waals surface area contributed by atoms with E-state index in [0.29, 0.717) is 11.5 Å². The first-order valence-corrected chi connectivity index (χ1v) is 5.20. The number of nitrogens with one attached hydrogen (secondary N) is 1. The molecule has 3 nitrogen and oxygen atoms in total. The van der Waals surface area contributed by atoms with E-state index in [4.69, 9.17) is 9.47 Å². The third-order valence-electron chi connectivity index (χ3n) is 3.40. The van der Waals surface area contributed by atoms with E-state index in [1.165, 1.54) is 0 Å². The third-order valence-corrected chi connectivity index (χ3v) is 3.40.